The van der Waals surface area contributed by atoms with E-state index in [0.717, 1.165) is 58.2 Å². The Labute approximate surface area is 193 Å². The fourth-order valence-corrected chi connectivity index (χ4v) is 4.51. The van der Waals surface area contributed by atoms with Crippen molar-refractivity contribution in [2.45, 2.75) is 76.9 Å². The molecule has 0 aliphatic carbocycles. The van der Waals surface area contributed by atoms with Gasteiger partial charge in [0.25, 0.3) is 0 Å². The van der Waals surface area contributed by atoms with Gasteiger partial charge in [-0.05, 0) is 55.3 Å². The molecule has 1 saturated heterocycles. The molecule has 0 radical (unpaired) electrons. The molecule has 1 aliphatic rings. The van der Waals surface area contributed by atoms with Gasteiger partial charge in [0.2, 0.25) is 0 Å². The highest BCUT2D eigenvalue weighted by molar-refractivity contribution is 5.66. The van der Waals surface area contributed by atoms with Crippen LogP contribution in [0.3, 0.4) is 0 Å². The third kappa shape index (κ3) is 8.07. The molecule has 4 heteroatoms. The third-order valence-electron chi connectivity index (χ3n) is 6.52. The number of unbranched alkanes of at least 4 members (excludes halogenated alkanes) is 4. The van der Waals surface area contributed by atoms with Gasteiger partial charge in [-0.2, -0.15) is 0 Å². The van der Waals surface area contributed by atoms with E-state index in [2.05, 4.69) is 66.4 Å². The van der Waals surface area contributed by atoms with Crippen LogP contribution in [0.2, 0.25) is 0 Å². The van der Waals surface area contributed by atoms with Crippen LogP contribution >= 0.6 is 0 Å². The van der Waals surface area contributed by atoms with Gasteiger partial charge in [0.05, 0.1) is 6.10 Å². The highest BCUT2D eigenvalue weighted by Gasteiger charge is 2.24. The fourth-order valence-electron chi connectivity index (χ4n) is 4.51. The maximum absolute atomic E-state index is 10.6. The zero-order valence-corrected chi connectivity index (χ0v) is 19.5. The highest BCUT2D eigenvalue weighted by Crippen LogP contribution is 2.30. The van der Waals surface area contributed by atoms with Crippen LogP contribution in [-0.2, 0) is 16.0 Å². The average molecular weight is 438 g/mol. The average Bonchev–Trinajstić information content (AvgIpc) is 2.83. The van der Waals surface area contributed by atoms with E-state index in [1.54, 1.807) is 0 Å². The van der Waals surface area contributed by atoms with Crippen LogP contribution in [0.25, 0.3) is 0 Å². The largest absolute Gasteiger partial charge is 0.481 e. The minimum atomic E-state index is -0.678. The number of carbonyl (C=O) groups is 1. The summed E-state index contributed by atoms with van der Waals surface area (Å²) in [5.41, 5.74) is 3.82. The Kier molecular flexibility index (Phi) is 10.2. The summed E-state index contributed by atoms with van der Waals surface area (Å²) in [6.45, 7) is 5.53. The van der Waals surface area contributed by atoms with Crippen LogP contribution in [-0.4, -0.2) is 41.7 Å². The maximum Gasteiger partial charge on any atom is 0.303 e. The summed E-state index contributed by atoms with van der Waals surface area (Å²) in [7, 11) is 0. The predicted molar refractivity (Wildman–Crippen MR) is 130 cm³/mol. The van der Waals surface area contributed by atoms with Crippen molar-refractivity contribution in [2.24, 2.45) is 0 Å². The Morgan fingerprint density at radius 2 is 1.56 bits per heavy atom. The molecule has 1 heterocycles. The first-order valence-electron chi connectivity index (χ1n) is 12.4. The molecule has 2 aromatic carbocycles. The molecule has 1 aliphatic heterocycles. The Balaban J connectivity index is 1.44. The van der Waals surface area contributed by atoms with Crippen LogP contribution in [0.15, 0.2) is 54.6 Å². The van der Waals surface area contributed by atoms with E-state index in [1.807, 2.05) is 0 Å². The Morgan fingerprint density at radius 3 is 2.22 bits per heavy atom. The van der Waals surface area contributed by atoms with Crippen molar-refractivity contribution in [1.82, 2.24) is 4.90 Å². The number of ether oxygens (including phenoxy) is 1. The quantitative estimate of drug-likeness (QED) is 0.377. The van der Waals surface area contributed by atoms with E-state index in [1.165, 1.54) is 29.5 Å². The summed E-state index contributed by atoms with van der Waals surface area (Å²) in [5, 5.41) is 8.70. The van der Waals surface area contributed by atoms with E-state index in [9.17, 15) is 4.79 Å². The molecule has 32 heavy (non-hydrogen) atoms. The van der Waals surface area contributed by atoms with Crippen molar-refractivity contribution >= 4 is 5.97 Å². The third-order valence-corrected chi connectivity index (χ3v) is 6.52. The lowest BCUT2D eigenvalue weighted by molar-refractivity contribution is -0.137. The molecule has 174 valence electrons. The Morgan fingerprint density at radius 1 is 0.938 bits per heavy atom. The van der Waals surface area contributed by atoms with E-state index in [4.69, 9.17) is 9.84 Å². The molecule has 2 aromatic rings. The molecule has 1 N–H and O–H groups in total. The maximum atomic E-state index is 10.6. The summed E-state index contributed by atoms with van der Waals surface area (Å²) in [5.74, 6) is -0.678. The van der Waals surface area contributed by atoms with Gasteiger partial charge >= 0.3 is 5.97 Å². The normalized spacial score (nSPS) is 16.2. The lowest BCUT2D eigenvalue weighted by atomic mass is 9.98. The van der Waals surface area contributed by atoms with Crippen LogP contribution in [0.1, 0.15) is 81.1 Å². The summed E-state index contributed by atoms with van der Waals surface area (Å²) >= 11 is 0. The van der Waals surface area contributed by atoms with Gasteiger partial charge in [-0.1, -0.05) is 80.8 Å². The number of hydrogen-bond donors (Lipinski definition) is 1. The highest BCUT2D eigenvalue weighted by atomic mass is 16.5. The Bertz CT molecular complexity index is 782. The van der Waals surface area contributed by atoms with Crippen molar-refractivity contribution in [3.8, 4) is 0 Å². The van der Waals surface area contributed by atoms with E-state index in [0.29, 0.717) is 12.5 Å². The fraction of sp³-hybridized carbons (Fsp3) is 0.536. The number of carboxylic acid groups (broad SMARTS) is 1. The first-order valence-corrected chi connectivity index (χ1v) is 12.4. The zero-order valence-electron chi connectivity index (χ0n) is 19.5. The molecule has 0 amide bonds. The number of nitrogens with zero attached hydrogens (tertiary/aromatic N) is 1. The molecule has 0 bridgehead atoms. The number of likely N-dealkylation sites (tertiary alicyclic amines) is 1. The molecular weight excluding hydrogens is 398 g/mol. The summed E-state index contributed by atoms with van der Waals surface area (Å²) < 4.78 is 6.70. The lowest BCUT2D eigenvalue weighted by Crippen LogP contribution is -2.38. The smallest absolute Gasteiger partial charge is 0.303 e. The van der Waals surface area contributed by atoms with Crippen LogP contribution in [0.4, 0.5) is 0 Å². The summed E-state index contributed by atoms with van der Waals surface area (Å²) in [4.78, 5) is 13.1. The van der Waals surface area contributed by atoms with Crippen molar-refractivity contribution in [3.63, 3.8) is 0 Å². The first kappa shape index (κ1) is 24.5. The minimum Gasteiger partial charge on any atom is -0.481 e. The number of carboxylic acids is 1. The second-order valence-electron chi connectivity index (χ2n) is 8.97. The molecule has 0 spiro atoms. The van der Waals surface area contributed by atoms with E-state index >= 15 is 0 Å². The van der Waals surface area contributed by atoms with Crippen LogP contribution in [0, 0.1) is 0 Å². The van der Waals surface area contributed by atoms with Gasteiger partial charge in [0.1, 0.15) is 6.10 Å². The molecule has 0 saturated carbocycles. The van der Waals surface area contributed by atoms with E-state index in [-0.39, 0.29) is 6.10 Å². The molecule has 1 atom stereocenters. The second kappa shape index (κ2) is 13.4. The Hall–Kier alpha value is -2.17. The standard InChI is InChI=1S/C28H39NO3/c1-2-23-14-16-25(17-15-23)28(24-11-7-6-8-12-24)32-26-18-21-29(22-19-26)20-10-5-3-4-9-13-27(30)31/h6-8,11-12,14-17,26,28H,2-5,9-10,13,18-22H2,1H3,(H,30,31). The minimum absolute atomic E-state index is 0.00976. The molecular formula is C28H39NO3. The molecule has 4 nitrogen and oxygen atoms in total. The van der Waals surface area contributed by atoms with Gasteiger partial charge < -0.3 is 14.7 Å². The number of aryl methyl sites for hydroxylation is 1. The number of benzene rings is 2. The van der Waals surface area contributed by atoms with Gasteiger partial charge in [-0.15, -0.1) is 0 Å². The van der Waals surface area contributed by atoms with Crippen molar-refractivity contribution in [2.75, 3.05) is 19.6 Å². The molecule has 1 fully saturated rings. The van der Waals surface area contributed by atoms with Gasteiger partial charge in [-0.25, -0.2) is 0 Å². The van der Waals surface area contributed by atoms with Crippen molar-refractivity contribution in [1.29, 1.82) is 0 Å². The topological polar surface area (TPSA) is 49.8 Å². The van der Waals surface area contributed by atoms with Crippen LogP contribution < -0.4 is 0 Å². The SMILES string of the molecule is CCc1ccc(C(OC2CCN(CCCCCCCC(=O)O)CC2)c2ccccc2)cc1. The number of aliphatic carboxylic acids is 1. The molecule has 0 aromatic heterocycles. The lowest BCUT2D eigenvalue weighted by Gasteiger charge is -2.34. The van der Waals surface area contributed by atoms with Gasteiger partial charge in [0.15, 0.2) is 0 Å². The van der Waals surface area contributed by atoms with Crippen LogP contribution in [0.5, 0.6) is 0 Å². The first-order chi connectivity index (χ1) is 15.7. The van der Waals surface area contributed by atoms with Gasteiger partial charge in [-0.3, -0.25) is 4.79 Å². The number of hydrogen-bond acceptors (Lipinski definition) is 3. The monoisotopic (exact) mass is 437 g/mol. The summed E-state index contributed by atoms with van der Waals surface area (Å²) in [6, 6.07) is 19.5. The predicted octanol–water partition coefficient (Wildman–Crippen LogP) is 6.24. The van der Waals surface area contributed by atoms with E-state index < -0.39 is 5.97 Å². The molecule has 3 rings (SSSR count). The number of rotatable bonds is 13. The van der Waals surface area contributed by atoms with Crippen molar-refractivity contribution in [3.05, 3.63) is 71.3 Å². The number of piperidine rings is 1. The summed E-state index contributed by atoms with van der Waals surface area (Å²) in [6.07, 6.45) is 9.17. The second-order valence-corrected chi connectivity index (χ2v) is 8.97. The van der Waals surface area contributed by atoms with Crippen molar-refractivity contribution < 1.29 is 14.6 Å². The zero-order chi connectivity index (χ0) is 22.6. The molecule has 1 unspecified atom stereocenters. The van der Waals surface area contributed by atoms with Gasteiger partial charge in [0, 0.05) is 19.5 Å².